The van der Waals surface area contributed by atoms with Gasteiger partial charge in [0.1, 0.15) is 0 Å². The molecule has 2 heterocycles. The number of pyridine rings is 1. The molecule has 0 atom stereocenters. The van der Waals surface area contributed by atoms with E-state index in [0.29, 0.717) is 12.1 Å². The van der Waals surface area contributed by atoms with E-state index in [1.807, 2.05) is 13.0 Å². The van der Waals surface area contributed by atoms with Crippen LogP contribution in [0.15, 0.2) is 42.7 Å². The molecule has 138 valence electrons. The summed E-state index contributed by atoms with van der Waals surface area (Å²) in [7, 11) is 2.16. The van der Waals surface area contributed by atoms with Crippen LogP contribution in [0.2, 0.25) is 0 Å². The molecule has 1 amide bonds. The zero-order valence-electron chi connectivity index (χ0n) is 15.5. The Kier molecular flexibility index (Phi) is 6.07. The number of aromatic nitrogens is 1. The SMILES string of the molecule is CCCNC(=O)c1cncc(Nc2ccc(N3CCN(C)CC3)cc2)c1. The Labute approximate surface area is 155 Å². The average Bonchev–Trinajstić information content (AvgIpc) is 2.67. The molecule has 2 N–H and O–H groups in total. The van der Waals surface area contributed by atoms with Gasteiger partial charge in [0.25, 0.3) is 5.91 Å². The van der Waals surface area contributed by atoms with Crippen LogP contribution in [-0.4, -0.2) is 55.6 Å². The highest BCUT2D eigenvalue weighted by Crippen LogP contribution is 2.22. The minimum absolute atomic E-state index is 0.0894. The van der Waals surface area contributed by atoms with Gasteiger partial charge in [0.05, 0.1) is 17.4 Å². The van der Waals surface area contributed by atoms with E-state index in [-0.39, 0.29) is 5.91 Å². The summed E-state index contributed by atoms with van der Waals surface area (Å²) >= 11 is 0. The van der Waals surface area contributed by atoms with Crippen LogP contribution in [0.5, 0.6) is 0 Å². The van der Waals surface area contributed by atoms with Crippen molar-refractivity contribution < 1.29 is 4.79 Å². The lowest BCUT2D eigenvalue weighted by molar-refractivity contribution is 0.0953. The largest absolute Gasteiger partial charge is 0.369 e. The summed E-state index contributed by atoms with van der Waals surface area (Å²) < 4.78 is 0. The van der Waals surface area contributed by atoms with Crippen LogP contribution in [0.1, 0.15) is 23.7 Å². The lowest BCUT2D eigenvalue weighted by Gasteiger charge is -2.34. The molecule has 1 saturated heterocycles. The quantitative estimate of drug-likeness (QED) is 0.836. The maximum atomic E-state index is 12.1. The Hall–Kier alpha value is -2.60. The van der Waals surface area contributed by atoms with E-state index in [9.17, 15) is 4.79 Å². The van der Waals surface area contributed by atoms with Crippen molar-refractivity contribution in [3.63, 3.8) is 0 Å². The molecule has 26 heavy (non-hydrogen) atoms. The fourth-order valence-electron chi connectivity index (χ4n) is 2.96. The van der Waals surface area contributed by atoms with Crippen LogP contribution in [0.3, 0.4) is 0 Å². The molecule has 0 spiro atoms. The molecule has 0 radical (unpaired) electrons. The van der Waals surface area contributed by atoms with Gasteiger partial charge in [0.2, 0.25) is 0 Å². The van der Waals surface area contributed by atoms with Gasteiger partial charge in [0, 0.05) is 50.3 Å². The number of likely N-dealkylation sites (N-methyl/N-ethyl adjacent to an activating group) is 1. The van der Waals surface area contributed by atoms with E-state index in [1.54, 1.807) is 12.4 Å². The maximum absolute atomic E-state index is 12.1. The van der Waals surface area contributed by atoms with E-state index in [2.05, 4.69) is 56.7 Å². The number of amides is 1. The molecule has 0 bridgehead atoms. The number of carbonyl (C=O) groups is 1. The van der Waals surface area contributed by atoms with Crippen LogP contribution < -0.4 is 15.5 Å². The highest BCUT2D eigenvalue weighted by Gasteiger charge is 2.14. The molecule has 2 aromatic rings. The van der Waals surface area contributed by atoms with Gasteiger partial charge in [-0.2, -0.15) is 0 Å². The summed E-state index contributed by atoms with van der Waals surface area (Å²) in [6, 6.07) is 10.2. The third-order valence-electron chi connectivity index (χ3n) is 4.56. The van der Waals surface area contributed by atoms with Crippen LogP contribution in [0.25, 0.3) is 0 Å². The first kappa shape index (κ1) is 18.2. The fourth-order valence-corrected chi connectivity index (χ4v) is 2.96. The molecule has 1 aromatic heterocycles. The Morgan fingerprint density at radius 3 is 2.50 bits per heavy atom. The van der Waals surface area contributed by atoms with Crippen molar-refractivity contribution in [1.29, 1.82) is 0 Å². The van der Waals surface area contributed by atoms with Crippen molar-refractivity contribution in [1.82, 2.24) is 15.2 Å². The van der Waals surface area contributed by atoms with Gasteiger partial charge in [-0.05, 0) is 43.8 Å². The monoisotopic (exact) mass is 353 g/mol. The van der Waals surface area contributed by atoms with E-state index in [4.69, 9.17) is 0 Å². The standard InChI is InChI=1S/C20H27N5O/c1-3-8-22-20(26)16-13-18(15-21-14-16)23-17-4-6-19(7-5-17)25-11-9-24(2)10-12-25/h4-7,13-15,23H,3,8-12H2,1-2H3,(H,22,26). The van der Waals surface area contributed by atoms with Crippen molar-refractivity contribution in [2.24, 2.45) is 0 Å². The molecule has 1 aliphatic heterocycles. The van der Waals surface area contributed by atoms with Crippen LogP contribution in [0.4, 0.5) is 17.1 Å². The molecule has 3 rings (SSSR count). The summed E-state index contributed by atoms with van der Waals surface area (Å²) in [5.74, 6) is -0.0894. The number of hydrogen-bond donors (Lipinski definition) is 2. The fraction of sp³-hybridized carbons (Fsp3) is 0.400. The molecular formula is C20H27N5O. The molecule has 6 nitrogen and oxygen atoms in total. The second-order valence-corrected chi connectivity index (χ2v) is 6.68. The summed E-state index contributed by atoms with van der Waals surface area (Å²) in [5, 5.41) is 6.19. The number of rotatable bonds is 6. The van der Waals surface area contributed by atoms with Gasteiger partial charge in [-0.1, -0.05) is 6.92 Å². The van der Waals surface area contributed by atoms with Crippen molar-refractivity contribution in [2.75, 3.05) is 50.0 Å². The topological polar surface area (TPSA) is 60.5 Å². The summed E-state index contributed by atoms with van der Waals surface area (Å²) in [6.07, 6.45) is 4.23. The first-order chi connectivity index (χ1) is 12.7. The minimum Gasteiger partial charge on any atom is -0.369 e. The zero-order chi connectivity index (χ0) is 18.4. The Bertz CT molecular complexity index is 723. The number of hydrogen-bond acceptors (Lipinski definition) is 5. The maximum Gasteiger partial charge on any atom is 0.252 e. The van der Waals surface area contributed by atoms with E-state index in [0.717, 1.165) is 44.0 Å². The van der Waals surface area contributed by atoms with E-state index < -0.39 is 0 Å². The van der Waals surface area contributed by atoms with Gasteiger partial charge in [-0.15, -0.1) is 0 Å². The summed E-state index contributed by atoms with van der Waals surface area (Å²) in [5.41, 5.74) is 3.60. The van der Waals surface area contributed by atoms with E-state index in [1.165, 1.54) is 5.69 Å². The molecular weight excluding hydrogens is 326 g/mol. The van der Waals surface area contributed by atoms with Gasteiger partial charge in [-0.3, -0.25) is 9.78 Å². The third-order valence-corrected chi connectivity index (χ3v) is 4.56. The van der Waals surface area contributed by atoms with Crippen LogP contribution in [0, 0.1) is 0 Å². The molecule has 6 heteroatoms. The van der Waals surface area contributed by atoms with Crippen molar-refractivity contribution in [3.05, 3.63) is 48.3 Å². The number of carbonyl (C=O) groups excluding carboxylic acids is 1. The van der Waals surface area contributed by atoms with Gasteiger partial charge in [0.15, 0.2) is 0 Å². The van der Waals surface area contributed by atoms with Crippen LogP contribution in [-0.2, 0) is 0 Å². The molecule has 0 aliphatic carbocycles. The molecule has 1 aromatic carbocycles. The van der Waals surface area contributed by atoms with Gasteiger partial charge in [-0.25, -0.2) is 0 Å². The predicted molar refractivity (Wildman–Crippen MR) is 106 cm³/mol. The second-order valence-electron chi connectivity index (χ2n) is 6.68. The lowest BCUT2D eigenvalue weighted by atomic mass is 10.2. The number of nitrogens with one attached hydrogen (secondary N) is 2. The first-order valence-electron chi connectivity index (χ1n) is 9.19. The molecule has 1 fully saturated rings. The minimum atomic E-state index is -0.0894. The Balaban J connectivity index is 1.63. The molecule has 1 aliphatic rings. The van der Waals surface area contributed by atoms with E-state index >= 15 is 0 Å². The van der Waals surface area contributed by atoms with Crippen molar-refractivity contribution in [3.8, 4) is 0 Å². The van der Waals surface area contributed by atoms with Gasteiger partial charge < -0.3 is 20.4 Å². The van der Waals surface area contributed by atoms with Gasteiger partial charge >= 0.3 is 0 Å². The number of nitrogens with zero attached hydrogens (tertiary/aromatic N) is 3. The highest BCUT2D eigenvalue weighted by molar-refractivity contribution is 5.94. The normalized spacial score (nSPS) is 14.9. The zero-order valence-corrected chi connectivity index (χ0v) is 15.5. The molecule has 0 saturated carbocycles. The average molecular weight is 353 g/mol. The Morgan fingerprint density at radius 2 is 1.81 bits per heavy atom. The number of anilines is 3. The third kappa shape index (κ3) is 4.73. The second kappa shape index (κ2) is 8.67. The van der Waals surface area contributed by atoms with Crippen LogP contribution >= 0.6 is 0 Å². The summed E-state index contributed by atoms with van der Waals surface area (Å²) in [6.45, 7) is 7.01. The lowest BCUT2D eigenvalue weighted by Crippen LogP contribution is -2.44. The molecule has 0 unspecified atom stereocenters. The van der Waals surface area contributed by atoms with Crippen molar-refractivity contribution in [2.45, 2.75) is 13.3 Å². The van der Waals surface area contributed by atoms with Crippen molar-refractivity contribution >= 4 is 23.0 Å². The number of piperazine rings is 1. The summed E-state index contributed by atoms with van der Waals surface area (Å²) in [4.78, 5) is 21.0. The Morgan fingerprint density at radius 1 is 1.08 bits per heavy atom. The number of benzene rings is 1. The highest BCUT2D eigenvalue weighted by atomic mass is 16.1. The first-order valence-corrected chi connectivity index (χ1v) is 9.19. The predicted octanol–water partition coefficient (Wildman–Crippen LogP) is 2.72. The smallest absolute Gasteiger partial charge is 0.252 e.